The van der Waals surface area contributed by atoms with Gasteiger partial charge in [-0.25, -0.2) is 0 Å². The third-order valence-electron chi connectivity index (χ3n) is 2.79. The molecule has 0 saturated heterocycles. The number of allylic oxidation sites excluding steroid dienone is 2. The van der Waals surface area contributed by atoms with Gasteiger partial charge >= 0.3 is 5.97 Å². The third kappa shape index (κ3) is 14.9. The number of ether oxygens (including phenoxy) is 1. The van der Waals surface area contributed by atoms with E-state index in [0.717, 1.165) is 19.3 Å². The number of esters is 1. The first kappa shape index (κ1) is 16.9. The van der Waals surface area contributed by atoms with Gasteiger partial charge < -0.3 is 4.74 Å². The van der Waals surface area contributed by atoms with Crippen LogP contribution >= 0.6 is 0 Å². The van der Waals surface area contributed by atoms with Crippen LogP contribution in [0, 0.1) is 0 Å². The fourth-order valence-electron chi connectivity index (χ4n) is 1.76. The van der Waals surface area contributed by atoms with Crippen molar-refractivity contribution in [3.8, 4) is 0 Å². The van der Waals surface area contributed by atoms with E-state index in [1.54, 1.807) is 0 Å². The lowest BCUT2D eigenvalue weighted by Crippen LogP contribution is -1.98. The van der Waals surface area contributed by atoms with Crippen molar-refractivity contribution in [1.29, 1.82) is 0 Å². The minimum absolute atomic E-state index is 0.195. The van der Waals surface area contributed by atoms with Gasteiger partial charge in [0, 0.05) is 6.92 Å². The molecular weight excluding hydrogens is 224 g/mol. The molecule has 0 bridgehead atoms. The second-order valence-corrected chi connectivity index (χ2v) is 4.59. The highest BCUT2D eigenvalue weighted by Crippen LogP contribution is 2.09. The molecule has 0 amide bonds. The molecule has 0 spiro atoms. The van der Waals surface area contributed by atoms with Crippen LogP contribution in [0.15, 0.2) is 24.8 Å². The normalized spacial score (nSPS) is 10.7. The Kier molecular flexibility index (Phi) is 13.2. The summed E-state index contributed by atoms with van der Waals surface area (Å²) in [6.45, 7) is 5.68. The molecule has 0 N–H and O–H groups in total. The Labute approximate surface area is 112 Å². The van der Waals surface area contributed by atoms with Crippen LogP contribution in [0.25, 0.3) is 0 Å². The first-order valence-electron chi connectivity index (χ1n) is 7.16. The van der Waals surface area contributed by atoms with Crippen LogP contribution in [0.5, 0.6) is 0 Å². The van der Waals surface area contributed by atoms with E-state index in [1.807, 2.05) is 6.08 Å². The summed E-state index contributed by atoms with van der Waals surface area (Å²) in [6, 6.07) is 0. The van der Waals surface area contributed by atoms with Crippen molar-refractivity contribution >= 4 is 5.97 Å². The third-order valence-corrected chi connectivity index (χ3v) is 2.79. The van der Waals surface area contributed by atoms with Gasteiger partial charge in [0.05, 0.1) is 6.61 Å². The van der Waals surface area contributed by atoms with Gasteiger partial charge in [-0.2, -0.15) is 0 Å². The second kappa shape index (κ2) is 14.0. The zero-order valence-electron chi connectivity index (χ0n) is 11.8. The minimum atomic E-state index is -0.195. The van der Waals surface area contributed by atoms with Crippen LogP contribution in [-0.4, -0.2) is 12.6 Å². The van der Waals surface area contributed by atoms with Gasteiger partial charge in [0.1, 0.15) is 0 Å². The summed E-state index contributed by atoms with van der Waals surface area (Å²) in [6.07, 6.45) is 17.4. The van der Waals surface area contributed by atoms with Crippen LogP contribution in [0.2, 0.25) is 0 Å². The zero-order chi connectivity index (χ0) is 13.5. The predicted molar refractivity (Wildman–Crippen MR) is 77.5 cm³/mol. The fraction of sp³-hybridized carbons (Fsp3) is 0.688. The Hall–Kier alpha value is -1.05. The highest BCUT2D eigenvalue weighted by molar-refractivity contribution is 5.65. The van der Waals surface area contributed by atoms with E-state index in [9.17, 15) is 4.79 Å². The highest BCUT2D eigenvalue weighted by atomic mass is 16.5. The van der Waals surface area contributed by atoms with Crippen LogP contribution in [-0.2, 0) is 9.53 Å². The first-order chi connectivity index (χ1) is 8.77. The van der Waals surface area contributed by atoms with Crippen molar-refractivity contribution in [3.05, 3.63) is 24.8 Å². The molecule has 0 radical (unpaired) electrons. The standard InChI is InChI=1S/C16H28O2/c1-3-4-5-6-7-8-9-10-11-12-13-14-15-18-16(2)17/h3,12-13H,1,4-11,14-15H2,2H3/b13-12+. The Bertz CT molecular complexity index is 231. The molecule has 0 aliphatic carbocycles. The smallest absolute Gasteiger partial charge is 0.302 e. The molecule has 0 fully saturated rings. The molecule has 104 valence electrons. The number of carbonyl (C=O) groups is 1. The molecule has 0 unspecified atom stereocenters. The molecule has 0 aliphatic rings. The van der Waals surface area contributed by atoms with E-state index >= 15 is 0 Å². The van der Waals surface area contributed by atoms with Crippen molar-refractivity contribution in [3.63, 3.8) is 0 Å². The summed E-state index contributed by atoms with van der Waals surface area (Å²) < 4.78 is 4.84. The molecular formula is C16H28O2. The molecule has 18 heavy (non-hydrogen) atoms. The largest absolute Gasteiger partial charge is 0.466 e. The predicted octanol–water partition coefficient (Wildman–Crippen LogP) is 4.80. The van der Waals surface area contributed by atoms with Crippen LogP contribution in [0.4, 0.5) is 0 Å². The van der Waals surface area contributed by atoms with Gasteiger partial charge in [0.2, 0.25) is 0 Å². The minimum Gasteiger partial charge on any atom is -0.466 e. The summed E-state index contributed by atoms with van der Waals surface area (Å²) in [5.74, 6) is -0.195. The fourth-order valence-corrected chi connectivity index (χ4v) is 1.76. The summed E-state index contributed by atoms with van der Waals surface area (Å²) in [7, 11) is 0. The molecule has 0 aliphatic heterocycles. The molecule has 2 nitrogen and oxygen atoms in total. The molecule has 0 aromatic rings. The Morgan fingerprint density at radius 2 is 1.50 bits per heavy atom. The second-order valence-electron chi connectivity index (χ2n) is 4.59. The molecule has 0 aromatic heterocycles. The van der Waals surface area contributed by atoms with E-state index in [1.165, 1.54) is 45.4 Å². The molecule has 0 atom stereocenters. The Morgan fingerprint density at radius 1 is 0.944 bits per heavy atom. The van der Waals surface area contributed by atoms with Crippen molar-refractivity contribution in [2.24, 2.45) is 0 Å². The molecule has 2 heteroatoms. The highest BCUT2D eigenvalue weighted by Gasteiger charge is 1.90. The Morgan fingerprint density at radius 3 is 2.11 bits per heavy atom. The zero-order valence-corrected chi connectivity index (χ0v) is 11.8. The SMILES string of the molecule is C=CCCCCCCCC/C=C/CCOC(C)=O. The van der Waals surface area contributed by atoms with Crippen LogP contribution in [0.3, 0.4) is 0 Å². The van der Waals surface area contributed by atoms with E-state index in [0.29, 0.717) is 6.61 Å². The maximum atomic E-state index is 10.5. The monoisotopic (exact) mass is 252 g/mol. The number of carbonyl (C=O) groups excluding carboxylic acids is 1. The van der Waals surface area contributed by atoms with Crippen molar-refractivity contribution < 1.29 is 9.53 Å². The lowest BCUT2D eigenvalue weighted by Gasteiger charge is -1.99. The molecule has 0 saturated carbocycles. The van der Waals surface area contributed by atoms with E-state index in [-0.39, 0.29) is 5.97 Å². The maximum Gasteiger partial charge on any atom is 0.302 e. The maximum absolute atomic E-state index is 10.5. The summed E-state index contributed by atoms with van der Waals surface area (Å²) >= 11 is 0. The lowest BCUT2D eigenvalue weighted by atomic mass is 10.1. The van der Waals surface area contributed by atoms with Crippen molar-refractivity contribution in [2.75, 3.05) is 6.61 Å². The summed E-state index contributed by atoms with van der Waals surface area (Å²) in [5, 5.41) is 0. The Balaban J connectivity index is 3.08. The summed E-state index contributed by atoms with van der Waals surface area (Å²) in [4.78, 5) is 10.5. The van der Waals surface area contributed by atoms with Gasteiger partial charge in [0.25, 0.3) is 0 Å². The van der Waals surface area contributed by atoms with Crippen LogP contribution in [0.1, 0.15) is 64.7 Å². The van der Waals surface area contributed by atoms with Crippen molar-refractivity contribution in [2.45, 2.75) is 64.7 Å². The topological polar surface area (TPSA) is 26.3 Å². The van der Waals surface area contributed by atoms with E-state index < -0.39 is 0 Å². The van der Waals surface area contributed by atoms with Gasteiger partial charge in [-0.1, -0.05) is 43.9 Å². The molecule has 0 aromatic carbocycles. The average molecular weight is 252 g/mol. The molecule has 0 rings (SSSR count). The number of unbranched alkanes of at least 4 members (excludes halogenated alkanes) is 7. The van der Waals surface area contributed by atoms with Crippen LogP contribution < -0.4 is 0 Å². The number of rotatable bonds is 12. The van der Waals surface area contributed by atoms with E-state index in [4.69, 9.17) is 4.74 Å². The van der Waals surface area contributed by atoms with Gasteiger partial charge in [-0.3, -0.25) is 4.79 Å². The average Bonchev–Trinajstić information content (AvgIpc) is 2.34. The lowest BCUT2D eigenvalue weighted by molar-refractivity contribution is -0.140. The van der Waals surface area contributed by atoms with Gasteiger partial charge in [-0.15, -0.1) is 6.58 Å². The van der Waals surface area contributed by atoms with Gasteiger partial charge in [0.15, 0.2) is 0 Å². The number of hydrogen-bond acceptors (Lipinski definition) is 2. The summed E-state index contributed by atoms with van der Waals surface area (Å²) in [5.41, 5.74) is 0. The molecule has 0 heterocycles. The van der Waals surface area contributed by atoms with Crippen molar-refractivity contribution in [1.82, 2.24) is 0 Å². The van der Waals surface area contributed by atoms with E-state index in [2.05, 4.69) is 18.7 Å². The quantitative estimate of drug-likeness (QED) is 0.283. The number of hydrogen-bond donors (Lipinski definition) is 0. The first-order valence-corrected chi connectivity index (χ1v) is 7.16. The van der Waals surface area contributed by atoms with Gasteiger partial charge in [-0.05, 0) is 32.1 Å².